The maximum Gasteiger partial charge on any atom is 0.264 e. The van der Waals surface area contributed by atoms with Gasteiger partial charge in [0.05, 0.1) is 18.7 Å². The van der Waals surface area contributed by atoms with Crippen LogP contribution in [0.25, 0.3) is 0 Å². The number of nitrogens with zero attached hydrogens (tertiary/aromatic N) is 1. The number of rotatable bonds is 6. The van der Waals surface area contributed by atoms with Gasteiger partial charge in [-0.15, -0.1) is 0 Å². The number of anilines is 1. The van der Waals surface area contributed by atoms with E-state index < -0.39 is 11.5 Å². The third-order valence-corrected chi connectivity index (χ3v) is 7.27. The van der Waals surface area contributed by atoms with Crippen molar-refractivity contribution in [3.05, 3.63) is 98.0 Å². The van der Waals surface area contributed by atoms with Gasteiger partial charge >= 0.3 is 0 Å². The van der Waals surface area contributed by atoms with Crippen molar-refractivity contribution >= 4 is 33.3 Å². The van der Waals surface area contributed by atoms with Gasteiger partial charge in [-0.05, 0) is 73.2 Å². The van der Waals surface area contributed by atoms with Crippen LogP contribution in [0.3, 0.4) is 0 Å². The summed E-state index contributed by atoms with van der Waals surface area (Å²) < 4.78 is 0.747. The summed E-state index contributed by atoms with van der Waals surface area (Å²) in [4.78, 5) is 28.8. The Kier molecular flexibility index (Phi) is 6.54. The second-order valence-corrected chi connectivity index (χ2v) is 10.6. The van der Waals surface area contributed by atoms with Crippen molar-refractivity contribution in [2.75, 3.05) is 4.90 Å². The van der Waals surface area contributed by atoms with Crippen LogP contribution in [0.4, 0.5) is 5.69 Å². The number of aliphatic hydroxyl groups is 1. The van der Waals surface area contributed by atoms with Crippen LogP contribution in [-0.2, 0) is 16.9 Å². The molecule has 1 atom stereocenters. The van der Waals surface area contributed by atoms with Gasteiger partial charge < -0.3 is 10.0 Å². The van der Waals surface area contributed by atoms with Gasteiger partial charge in [0.25, 0.3) is 5.91 Å². The molecule has 3 aromatic rings. The van der Waals surface area contributed by atoms with Crippen LogP contribution < -0.4 is 4.90 Å². The number of benzene rings is 3. The van der Waals surface area contributed by atoms with E-state index in [2.05, 4.69) is 35.8 Å². The average molecular weight is 520 g/mol. The fourth-order valence-corrected chi connectivity index (χ4v) is 4.98. The molecule has 0 aliphatic carbocycles. The predicted octanol–water partition coefficient (Wildman–Crippen LogP) is 6.51. The Morgan fingerprint density at radius 1 is 1.00 bits per heavy atom. The zero-order chi connectivity index (χ0) is 24.8. The summed E-state index contributed by atoms with van der Waals surface area (Å²) in [5, 5.41) is 11.8. The quantitative estimate of drug-likeness (QED) is 0.378. The monoisotopic (exact) mass is 519 g/mol. The zero-order valence-electron chi connectivity index (χ0n) is 20.3. The van der Waals surface area contributed by atoms with Crippen molar-refractivity contribution in [2.45, 2.75) is 59.1 Å². The minimum Gasteiger partial charge on any atom is -0.375 e. The van der Waals surface area contributed by atoms with E-state index in [4.69, 9.17) is 0 Å². The second-order valence-electron chi connectivity index (χ2n) is 9.67. The summed E-state index contributed by atoms with van der Waals surface area (Å²) in [6.07, 6.45) is -0.305. The molecule has 1 unspecified atom stereocenters. The molecule has 0 spiro atoms. The Hall–Kier alpha value is -2.76. The van der Waals surface area contributed by atoms with E-state index >= 15 is 0 Å². The van der Waals surface area contributed by atoms with Crippen molar-refractivity contribution in [3.8, 4) is 0 Å². The first-order chi connectivity index (χ1) is 16.0. The average Bonchev–Trinajstić information content (AvgIpc) is 2.97. The predicted molar refractivity (Wildman–Crippen MR) is 139 cm³/mol. The van der Waals surface area contributed by atoms with Crippen LogP contribution in [0.1, 0.15) is 69.9 Å². The SMILES string of the molecule is Cc1ccc(C)c(CN2C(=O)C(O)(CC(=O)c3cc(C(C)C)ccc3C)c3cc(Br)ccc32)c1. The number of carbonyl (C=O) groups excluding carboxylic acids is 2. The van der Waals surface area contributed by atoms with E-state index in [1.807, 2.05) is 63.2 Å². The fourth-order valence-electron chi connectivity index (χ4n) is 4.62. The normalized spacial score (nSPS) is 17.4. The van der Waals surface area contributed by atoms with Gasteiger partial charge in [0.1, 0.15) is 0 Å². The van der Waals surface area contributed by atoms with Gasteiger partial charge in [0, 0.05) is 15.6 Å². The molecule has 0 aromatic heterocycles. The molecule has 4 nitrogen and oxygen atoms in total. The number of ketones is 1. The largest absolute Gasteiger partial charge is 0.375 e. The molecule has 4 rings (SSSR count). The van der Waals surface area contributed by atoms with E-state index in [-0.39, 0.29) is 18.1 Å². The Balaban J connectivity index is 1.74. The molecule has 0 fully saturated rings. The van der Waals surface area contributed by atoms with Gasteiger partial charge in [0.2, 0.25) is 0 Å². The molecule has 5 heteroatoms. The first-order valence-corrected chi connectivity index (χ1v) is 12.3. The lowest BCUT2D eigenvalue weighted by molar-refractivity contribution is -0.136. The number of aryl methyl sites for hydroxylation is 3. The van der Waals surface area contributed by atoms with Crippen LogP contribution in [0, 0.1) is 20.8 Å². The minimum atomic E-state index is -1.92. The fraction of sp³-hybridized carbons (Fsp3) is 0.310. The Bertz CT molecular complexity index is 1300. The van der Waals surface area contributed by atoms with Crippen molar-refractivity contribution < 1.29 is 14.7 Å². The van der Waals surface area contributed by atoms with Crippen LogP contribution in [0.2, 0.25) is 0 Å². The summed E-state index contributed by atoms with van der Waals surface area (Å²) in [5.74, 6) is -0.434. The lowest BCUT2D eigenvalue weighted by atomic mass is 9.86. The van der Waals surface area contributed by atoms with Gasteiger partial charge in [-0.2, -0.15) is 0 Å². The topological polar surface area (TPSA) is 57.6 Å². The number of hydrogen-bond donors (Lipinski definition) is 1. The number of halogens is 1. The van der Waals surface area contributed by atoms with E-state index in [1.54, 1.807) is 11.0 Å². The lowest BCUT2D eigenvalue weighted by Gasteiger charge is -2.24. The van der Waals surface area contributed by atoms with Crippen molar-refractivity contribution in [2.24, 2.45) is 0 Å². The second kappa shape index (κ2) is 9.12. The highest BCUT2D eigenvalue weighted by molar-refractivity contribution is 9.10. The highest BCUT2D eigenvalue weighted by Gasteiger charge is 2.51. The third kappa shape index (κ3) is 4.35. The Labute approximate surface area is 209 Å². The number of fused-ring (bicyclic) bond motifs is 1. The van der Waals surface area contributed by atoms with Crippen LogP contribution in [-0.4, -0.2) is 16.8 Å². The van der Waals surface area contributed by atoms with Crippen molar-refractivity contribution in [1.29, 1.82) is 0 Å². The summed E-state index contributed by atoms with van der Waals surface area (Å²) in [6.45, 7) is 10.4. The summed E-state index contributed by atoms with van der Waals surface area (Å²) >= 11 is 3.47. The molecule has 176 valence electrons. The molecular formula is C29H30BrNO3. The first kappa shape index (κ1) is 24.4. The summed E-state index contributed by atoms with van der Waals surface area (Å²) in [5.41, 5.74) is 4.81. The third-order valence-electron chi connectivity index (χ3n) is 6.77. The molecule has 34 heavy (non-hydrogen) atoms. The maximum absolute atomic E-state index is 13.7. The molecule has 0 bridgehead atoms. The zero-order valence-corrected chi connectivity index (χ0v) is 21.9. The van der Waals surface area contributed by atoms with E-state index in [9.17, 15) is 14.7 Å². The van der Waals surface area contributed by atoms with Gasteiger partial charge in [-0.25, -0.2) is 0 Å². The van der Waals surface area contributed by atoms with Crippen molar-refractivity contribution in [3.63, 3.8) is 0 Å². The van der Waals surface area contributed by atoms with E-state index in [0.717, 1.165) is 32.3 Å². The molecule has 1 amide bonds. The van der Waals surface area contributed by atoms with Gasteiger partial charge in [0.15, 0.2) is 11.4 Å². The maximum atomic E-state index is 13.7. The lowest BCUT2D eigenvalue weighted by Crippen LogP contribution is -2.41. The number of hydrogen-bond acceptors (Lipinski definition) is 3. The summed E-state index contributed by atoms with van der Waals surface area (Å²) in [6, 6.07) is 17.4. The number of Topliss-reactive ketones (excluding diaryl/α,β-unsaturated/α-hetero) is 1. The molecule has 0 radical (unpaired) electrons. The van der Waals surface area contributed by atoms with Gasteiger partial charge in [-0.1, -0.05) is 65.7 Å². The highest BCUT2D eigenvalue weighted by Crippen LogP contribution is 2.45. The van der Waals surface area contributed by atoms with Crippen molar-refractivity contribution in [1.82, 2.24) is 0 Å². The standard InChI is InChI=1S/C29H30BrNO3/c1-17(2)21-9-8-20(5)24(13-21)27(32)15-29(34)25-14-23(30)10-11-26(25)31(28(29)33)16-22-12-18(3)6-7-19(22)4/h6-14,17,34H,15-16H2,1-5H3. The van der Waals surface area contributed by atoms with Crippen LogP contribution in [0.5, 0.6) is 0 Å². The first-order valence-electron chi connectivity index (χ1n) is 11.6. The molecule has 1 heterocycles. The van der Waals surface area contributed by atoms with Crippen LogP contribution in [0.15, 0.2) is 59.1 Å². The van der Waals surface area contributed by atoms with Crippen LogP contribution >= 0.6 is 15.9 Å². The molecule has 1 aliphatic rings. The molecule has 1 aliphatic heterocycles. The number of amides is 1. The highest BCUT2D eigenvalue weighted by atomic mass is 79.9. The molecular weight excluding hydrogens is 490 g/mol. The summed E-state index contributed by atoms with van der Waals surface area (Å²) in [7, 11) is 0. The molecule has 0 saturated carbocycles. The van der Waals surface area contributed by atoms with Gasteiger partial charge in [-0.3, -0.25) is 9.59 Å². The Morgan fingerprint density at radius 2 is 1.71 bits per heavy atom. The smallest absolute Gasteiger partial charge is 0.264 e. The molecule has 1 N–H and O–H groups in total. The van der Waals surface area contributed by atoms with E-state index in [0.29, 0.717) is 23.4 Å². The number of carbonyl (C=O) groups is 2. The molecule has 3 aromatic carbocycles. The van der Waals surface area contributed by atoms with E-state index in [1.165, 1.54) is 0 Å². The Morgan fingerprint density at radius 3 is 2.41 bits per heavy atom. The molecule has 0 saturated heterocycles. The minimum absolute atomic E-state index is 0.240.